The lowest BCUT2D eigenvalue weighted by molar-refractivity contribution is 0.758. The largest absolute Gasteiger partial charge is 0.324 e. The van der Waals surface area contributed by atoms with Gasteiger partial charge in [-0.15, -0.1) is 0 Å². The first-order valence-electron chi connectivity index (χ1n) is 5.68. The Morgan fingerprint density at radius 1 is 1.12 bits per heavy atom. The summed E-state index contributed by atoms with van der Waals surface area (Å²) in [6, 6.07) is 8.38. The van der Waals surface area contributed by atoms with Crippen LogP contribution in [0.15, 0.2) is 36.7 Å². The zero-order chi connectivity index (χ0) is 11.7. The average molecular weight is 246 g/mol. The van der Waals surface area contributed by atoms with Crippen molar-refractivity contribution in [2.24, 2.45) is 0 Å². The quantitative estimate of drug-likeness (QED) is 0.773. The Morgan fingerprint density at radius 3 is 2.82 bits per heavy atom. The van der Waals surface area contributed by atoms with Crippen LogP contribution in [-0.2, 0) is 6.42 Å². The molecule has 2 heterocycles. The molecule has 0 atom stereocenters. The molecule has 1 aromatic carbocycles. The van der Waals surface area contributed by atoms with E-state index in [1.807, 2.05) is 6.07 Å². The molecule has 86 valence electrons. The fourth-order valence-electron chi connectivity index (χ4n) is 2.25. The number of rotatable bonds is 1. The lowest BCUT2D eigenvalue weighted by Crippen LogP contribution is -2.25. The van der Waals surface area contributed by atoms with E-state index in [0.29, 0.717) is 5.15 Å². The second-order valence-corrected chi connectivity index (χ2v) is 4.41. The summed E-state index contributed by atoms with van der Waals surface area (Å²) in [5.74, 6) is 0.751. The van der Waals surface area contributed by atoms with E-state index in [9.17, 15) is 0 Å². The zero-order valence-corrected chi connectivity index (χ0v) is 10.1. The van der Waals surface area contributed by atoms with Crippen LogP contribution < -0.4 is 4.90 Å². The Balaban J connectivity index is 2.09. The van der Waals surface area contributed by atoms with Crippen molar-refractivity contribution in [2.75, 3.05) is 11.4 Å². The van der Waals surface area contributed by atoms with Crippen LogP contribution >= 0.6 is 11.6 Å². The van der Waals surface area contributed by atoms with Crippen LogP contribution in [-0.4, -0.2) is 16.5 Å². The molecule has 17 heavy (non-hydrogen) atoms. The van der Waals surface area contributed by atoms with Crippen LogP contribution in [0.25, 0.3) is 0 Å². The summed E-state index contributed by atoms with van der Waals surface area (Å²) in [7, 11) is 0. The minimum absolute atomic E-state index is 0.462. The molecule has 4 heteroatoms. The molecular formula is C13H12ClN3. The smallest absolute Gasteiger partial charge is 0.172 e. The summed E-state index contributed by atoms with van der Waals surface area (Å²) in [4.78, 5) is 10.6. The number of aromatic nitrogens is 2. The second kappa shape index (κ2) is 4.34. The van der Waals surface area contributed by atoms with Crippen molar-refractivity contribution in [2.45, 2.75) is 12.8 Å². The van der Waals surface area contributed by atoms with E-state index < -0.39 is 0 Å². The molecular weight excluding hydrogens is 234 g/mol. The molecule has 3 rings (SSSR count). The van der Waals surface area contributed by atoms with E-state index in [0.717, 1.165) is 25.2 Å². The van der Waals surface area contributed by atoms with Gasteiger partial charge in [0.05, 0.1) is 0 Å². The first-order chi connectivity index (χ1) is 8.36. The van der Waals surface area contributed by atoms with Gasteiger partial charge in [-0.3, -0.25) is 0 Å². The predicted octanol–water partition coefficient (Wildman–Crippen LogP) is 3.21. The van der Waals surface area contributed by atoms with Crippen molar-refractivity contribution in [1.29, 1.82) is 0 Å². The van der Waals surface area contributed by atoms with Crippen LogP contribution in [0.1, 0.15) is 12.0 Å². The average Bonchev–Trinajstić information content (AvgIpc) is 2.39. The van der Waals surface area contributed by atoms with Crippen molar-refractivity contribution < 1.29 is 0 Å². The molecule has 3 nitrogen and oxygen atoms in total. The van der Waals surface area contributed by atoms with Crippen molar-refractivity contribution in [3.8, 4) is 0 Å². The Morgan fingerprint density at radius 2 is 1.94 bits per heavy atom. The van der Waals surface area contributed by atoms with Gasteiger partial charge in [0.15, 0.2) is 11.0 Å². The summed E-state index contributed by atoms with van der Waals surface area (Å²) < 4.78 is 0. The molecule has 0 amide bonds. The molecule has 1 aliphatic heterocycles. The molecule has 1 aromatic heterocycles. The monoisotopic (exact) mass is 245 g/mol. The predicted molar refractivity (Wildman–Crippen MR) is 68.8 cm³/mol. The first-order valence-corrected chi connectivity index (χ1v) is 6.06. The minimum atomic E-state index is 0.462. The summed E-state index contributed by atoms with van der Waals surface area (Å²) >= 11 is 6.11. The van der Waals surface area contributed by atoms with Crippen molar-refractivity contribution in [1.82, 2.24) is 9.97 Å². The molecule has 0 saturated carbocycles. The van der Waals surface area contributed by atoms with E-state index in [1.54, 1.807) is 12.4 Å². The molecule has 0 unspecified atom stereocenters. The van der Waals surface area contributed by atoms with Crippen molar-refractivity contribution in [3.63, 3.8) is 0 Å². The number of hydrogen-bond donors (Lipinski definition) is 0. The fraction of sp³-hybridized carbons (Fsp3) is 0.231. The van der Waals surface area contributed by atoms with Gasteiger partial charge in [-0.2, -0.15) is 0 Å². The Kier molecular flexibility index (Phi) is 2.69. The van der Waals surface area contributed by atoms with Gasteiger partial charge < -0.3 is 4.90 Å². The van der Waals surface area contributed by atoms with Gasteiger partial charge in [0.25, 0.3) is 0 Å². The highest BCUT2D eigenvalue weighted by Gasteiger charge is 2.20. The Labute approximate surface area is 105 Å². The SMILES string of the molecule is Clc1nccnc1N1CCCc2ccccc21. The van der Waals surface area contributed by atoms with Gasteiger partial charge in [-0.1, -0.05) is 29.8 Å². The van der Waals surface area contributed by atoms with Gasteiger partial charge in [0.1, 0.15) is 0 Å². The third-order valence-electron chi connectivity index (χ3n) is 3.00. The molecule has 0 saturated heterocycles. The maximum absolute atomic E-state index is 6.11. The molecule has 1 aliphatic rings. The van der Waals surface area contributed by atoms with E-state index in [2.05, 4.69) is 33.1 Å². The van der Waals surface area contributed by atoms with Gasteiger partial charge in [-0.05, 0) is 24.5 Å². The Bertz CT molecular complexity index is 542. The van der Waals surface area contributed by atoms with Gasteiger partial charge in [0.2, 0.25) is 0 Å². The van der Waals surface area contributed by atoms with Crippen molar-refractivity contribution >= 4 is 23.1 Å². The number of nitrogens with zero attached hydrogens (tertiary/aromatic N) is 3. The second-order valence-electron chi connectivity index (χ2n) is 4.05. The number of anilines is 2. The summed E-state index contributed by atoms with van der Waals surface area (Å²) in [5, 5.41) is 0.462. The number of aryl methyl sites for hydroxylation is 1. The third-order valence-corrected chi connectivity index (χ3v) is 3.27. The number of para-hydroxylation sites is 1. The molecule has 0 bridgehead atoms. The molecule has 0 radical (unpaired) electrons. The highest BCUT2D eigenvalue weighted by molar-refractivity contribution is 6.31. The number of hydrogen-bond acceptors (Lipinski definition) is 3. The Hall–Kier alpha value is -1.61. The summed E-state index contributed by atoms with van der Waals surface area (Å²) in [5.41, 5.74) is 2.54. The van der Waals surface area contributed by atoms with Gasteiger partial charge in [0, 0.05) is 24.6 Å². The van der Waals surface area contributed by atoms with Crippen LogP contribution in [0.3, 0.4) is 0 Å². The molecule has 0 aliphatic carbocycles. The first kappa shape index (κ1) is 10.5. The van der Waals surface area contributed by atoms with E-state index >= 15 is 0 Å². The maximum atomic E-state index is 6.11. The van der Waals surface area contributed by atoms with Crippen LogP contribution in [0.4, 0.5) is 11.5 Å². The van der Waals surface area contributed by atoms with Gasteiger partial charge >= 0.3 is 0 Å². The highest BCUT2D eigenvalue weighted by Crippen LogP contribution is 2.34. The lowest BCUT2D eigenvalue weighted by Gasteiger charge is -2.30. The lowest BCUT2D eigenvalue weighted by atomic mass is 10.0. The maximum Gasteiger partial charge on any atom is 0.172 e. The number of benzene rings is 1. The normalized spacial score (nSPS) is 14.5. The standard InChI is InChI=1S/C13H12ClN3/c14-12-13(16-8-7-15-12)17-9-3-5-10-4-1-2-6-11(10)17/h1-2,4,6-8H,3,5,9H2. The zero-order valence-electron chi connectivity index (χ0n) is 9.31. The number of fused-ring (bicyclic) bond motifs is 1. The molecule has 2 aromatic rings. The van der Waals surface area contributed by atoms with E-state index in [4.69, 9.17) is 11.6 Å². The fourth-order valence-corrected chi connectivity index (χ4v) is 2.46. The van der Waals surface area contributed by atoms with Crippen molar-refractivity contribution in [3.05, 3.63) is 47.4 Å². The summed E-state index contributed by atoms with van der Waals surface area (Å²) in [6.45, 7) is 0.940. The third kappa shape index (κ3) is 1.87. The van der Waals surface area contributed by atoms with Crippen LogP contribution in [0.2, 0.25) is 5.15 Å². The van der Waals surface area contributed by atoms with Crippen LogP contribution in [0, 0.1) is 0 Å². The van der Waals surface area contributed by atoms with E-state index in [-0.39, 0.29) is 0 Å². The number of halogens is 1. The molecule has 0 fully saturated rings. The van der Waals surface area contributed by atoms with Crippen LogP contribution in [0.5, 0.6) is 0 Å². The molecule has 0 N–H and O–H groups in total. The molecule has 0 spiro atoms. The topological polar surface area (TPSA) is 29.0 Å². The minimum Gasteiger partial charge on any atom is -0.324 e. The highest BCUT2D eigenvalue weighted by atomic mass is 35.5. The summed E-state index contributed by atoms with van der Waals surface area (Å²) in [6.07, 6.45) is 5.52. The van der Waals surface area contributed by atoms with E-state index in [1.165, 1.54) is 11.3 Å². The van der Waals surface area contributed by atoms with Gasteiger partial charge in [-0.25, -0.2) is 9.97 Å².